The molecule has 1 fully saturated rings. The maximum absolute atomic E-state index is 15.2. The number of hydrogen-bond acceptors (Lipinski definition) is 6. The first-order valence-electron chi connectivity index (χ1n) is 9.41. The van der Waals surface area contributed by atoms with Crippen LogP contribution in [0.25, 0.3) is 16.6 Å². The summed E-state index contributed by atoms with van der Waals surface area (Å²) in [6.45, 7) is 0.999. The molecular weight excluding hydrogens is 429 g/mol. The molecule has 0 saturated carbocycles. The number of nitrogens with zero attached hydrogens (tertiary/aromatic N) is 2. The minimum atomic E-state index is -1.39. The monoisotopic (exact) mass is 447 g/mol. The molecule has 0 unspecified atom stereocenters. The molecule has 0 spiro atoms. The van der Waals surface area contributed by atoms with E-state index in [-0.39, 0.29) is 35.3 Å². The lowest BCUT2D eigenvalue weighted by Gasteiger charge is -2.29. The Bertz CT molecular complexity index is 1290. The topological polar surface area (TPSA) is 107 Å². The summed E-state index contributed by atoms with van der Waals surface area (Å²) in [6, 6.07) is 6.00. The van der Waals surface area contributed by atoms with Gasteiger partial charge in [0.2, 0.25) is 5.43 Å². The van der Waals surface area contributed by atoms with Gasteiger partial charge in [-0.1, -0.05) is 0 Å². The number of nitrogens with two attached hydrogens (primary N) is 1. The molecule has 0 bridgehead atoms. The van der Waals surface area contributed by atoms with Crippen LogP contribution in [0.15, 0.2) is 35.3 Å². The highest BCUT2D eigenvalue weighted by Gasteiger charge is 2.32. The molecule has 3 aromatic rings. The largest absolute Gasteiger partial charge is 0.497 e. The van der Waals surface area contributed by atoms with Crippen LogP contribution in [-0.4, -0.2) is 41.9 Å². The first kappa shape index (κ1) is 21.0. The lowest BCUT2D eigenvalue weighted by Crippen LogP contribution is -2.28. The molecule has 162 valence electrons. The fraction of sp³-hybridized carbons (Fsp3) is 0.238. The van der Waals surface area contributed by atoms with Crippen molar-refractivity contribution in [3.63, 3.8) is 0 Å². The van der Waals surface area contributed by atoms with Crippen LogP contribution in [-0.2, 0) is 0 Å². The summed E-state index contributed by atoms with van der Waals surface area (Å²) in [5.74, 6) is -0.962. The Hall–Kier alpha value is -3.30. The maximum Gasteiger partial charge on any atom is 0.341 e. The van der Waals surface area contributed by atoms with E-state index < -0.39 is 22.8 Å². The average molecular weight is 448 g/mol. The number of anilines is 1. The van der Waals surface area contributed by atoms with Crippen molar-refractivity contribution in [2.45, 2.75) is 12.5 Å². The van der Waals surface area contributed by atoms with Gasteiger partial charge < -0.3 is 29.8 Å². The summed E-state index contributed by atoms with van der Waals surface area (Å²) in [7, 11) is 1.51. The van der Waals surface area contributed by atoms with Gasteiger partial charge in [-0.15, -0.1) is 12.4 Å². The molecule has 2 aliphatic heterocycles. The van der Waals surface area contributed by atoms with E-state index in [9.17, 15) is 14.7 Å². The number of hydrogen-bond donors (Lipinski definition) is 2. The van der Waals surface area contributed by atoms with E-state index in [4.69, 9.17) is 15.2 Å². The zero-order valence-corrected chi connectivity index (χ0v) is 17.2. The van der Waals surface area contributed by atoms with E-state index in [2.05, 4.69) is 0 Å². The minimum absolute atomic E-state index is 0. The molecule has 1 atom stereocenters. The normalized spacial score (nSPS) is 16.5. The van der Waals surface area contributed by atoms with Gasteiger partial charge in [0, 0.05) is 31.4 Å². The molecule has 3 heterocycles. The SMILES string of the molecule is COc1ccc2c(c1)-n1cc(C(=O)O)c(=O)c3cc(F)c(N4CC[C@H](N)C4)c(c31)O2.Cl. The van der Waals surface area contributed by atoms with Crippen LogP contribution in [0.2, 0.25) is 0 Å². The molecule has 8 nitrogen and oxygen atoms in total. The molecule has 10 heteroatoms. The van der Waals surface area contributed by atoms with E-state index in [0.717, 1.165) is 6.07 Å². The van der Waals surface area contributed by atoms with Gasteiger partial charge in [-0.25, -0.2) is 9.18 Å². The van der Waals surface area contributed by atoms with Crippen molar-refractivity contribution in [1.82, 2.24) is 4.57 Å². The Kier molecular flexibility index (Phi) is 5.03. The van der Waals surface area contributed by atoms with Gasteiger partial charge in [0.25, 0.3) is 0 Å². The van der Waals surface area contributed by atoms with Gasteiger partial charge in [-0.05, 0) is 24.6 Å². The highest BCUT2D eigenvalue weighted by atomic mass is 35.5. The van der Waals surface area contributed by atoms with Crippen molar-refractivity contribution in [1.29, 1.82) is 0 Å². The van der Waals surface area contributed by atoms with Gasteiger partial charge >= 0.3 is 5.97 Å². The van der Waals surface area contributed by atoms with Gasteiger partial charge in [0.05, 0.1) is 18.2 Å². The van der Waals surface area contributed by atoms with E-state index in [0.29, 0.717) is 42.2 Å². The number of aromatic carboxylic acids is 1. The summed E-state index contributed by atoms with van der Waals surface area (Å²) in [5.41, 5.74) is 5.79. The fourth-order valence-electron chi connectivity index (χ4n) is 4.15. The van der Waals surface area contributed by atoms with Crippen LogP contribution >= 0.6 is 12.4 Å². The summed E-state index contributed by atoms with van der Waals surface area (Å²) in [6.07, 6.45) is 1.95. The summed E-state index contributed by atoms with van der Waals surface area (Å²) in [4.78, 5) is 26.3. The Morgan fingerprint density at radius 2 is 2.13 bits per heavy atom. The molecule has 31 heavy (non-hydrogen) atoms. The number of halogens is 2. The standard InChI is InChI=1S/C21H18FN3O5.ClH/c1-29-11-2-3-16-15(6-11)25-9-13(21(27)28)19(26)12-7-14(22)18(20(30-16)17(12)25)24-5-4-10(23)8-24;/h2-3,6-7,9-10H,4-5,8,23H2,1H3,(H,27,28);1H/t10-;/m0./s1. The third kappa shape index (κ3) is 3.08. The lowest BCUT2D eigenvalue weighted by atomic mass is 10.1. The molecular formula is C21H19ClFN3O5. The first-order valence-corrected chi connectivity index (χ1v) is 9.41. The minimum Gasteiger partial charge on any atom is -0.497 e. The van der Waals surface area contributed by atoms with Crippen LogP contribution < -0.4 is 25.5 Å². The molecule has 1 aromatic heterocycles. The summed E-state index contributed by atoms with van der Waals surface area (Å²) < 4.78 is 28.1. The molecule has 2 aliphatic rings. The predicted octanol–water partition coefficient (Wildman–Crippen LogP) is 2.90. The van der Waals surface area contributed by atoms with Gasteiger partial charge in [0.1, 0.15) is 22.5 Å². The third-order valence-corrected chi connectivity index (χ3v) is 5.58. The third-order valence-electron chi connectivity index (χ3n) is 5.58. The number of aromatic nitrogens is 1. The molecule has 0 aliphatic carbocycles. The van der Waals surface area contributed by atoms with Crippen molar-refractivity contribution < 1.29 is 23.8 Å². The Labute approximate surface area is 182 Å². The van der Waals surface area contributed by atoms with Crippen LogP contribution in [0.4, 0.5) is 10.1 Å². The number of fused-ring (bicyclic) bond motifs is 2. The Morgan fingerprint density at radius 1 is 1.35 bits per heavy atom. The smallest absolute Gasteiger partial charge is 0.341 e. The molecule has 0 radical (unpaired) electrons. The van der Waals surface area contributed by atoms with Crippen molar-refractivity contribution >= 4 is 35.0 Å². The lowest BCUT2D eigenvalue weighted by molar-refractivity contribution is 0.0695. The van der Waals surface area contributed by atoms with Crippen molar-refractivity contribution in [2.75, 3.05) is 25.1 Å². The molecule has 1 saturated heterocycles. The van der Waals surface area contributed by atoms with E-state index in [1.165, 1.54) is 13.3 Å². The van der Waals surface area contributed by atoms with Gasteiger partial charge in [-0.3, -0.25) is 4.79 Å². The average Bonchev–Trinajstić information content (AvgIpc) is 3.14. The Morgan fingerprint density at radius 3 is 2.77 bits per heavy atom. The van der Waals surface area contributed by atoms with Crippen molar-refractivity contribution in [3.8, 4) is 22.9 Å². The Balaban J connectivity index is 0.00000231. The molecule has 5 rings (SSSR count). The second-order valence-corrected chi connectivity index (χ2v) is 7.41. The number of carboxylic acid groups (broad SMARTS) is 1. The quantitative estimate of drug-likeness (QED) is 0.497. The molecule has 0 amide bonds. The zero-order valence-electron chi connectivity index (χ0n) is 16.4. The number of pyridine rings is 1. The number of carbonyl (C=O) groups is 1. The highest BCUT2D eigenvalue weighted by molar-refractivity contribution is 5.99. The van der Waals surface area contributed by atoms with E-state index >= 15 is 4.39 Å². The highest BCUT2D eigenvalue weighted by Crippen LogP contribution is 2.47. The maximum atomic E-state index is 15.2. The van der Waals surface area contributed by atoms with E-state index in [1.807, 2.05) is 0 Å². The number of benzene rings is 2. The van der Waals surface area contributed by atoms with Crippen LogP contribution in [0.1, 0.15) is 16.8 Å². The summed E-state index contributed by atoms with van der Waals surface area (Å²) >= 11 is 0. The van der Waals surface area contributed by atoms with Crippen LogP contribution in [0.5, 0.6) is 17.2 Å². The summed E-state index contributed by atoms with van der Waals surface area (Å²) in [5, 5.41) is 9.46. The number of methoxy groups -OCH3 is 1. The predicted molar refractivity (Wildman–Crippen MR) is 115 cm³/mol. The number of carboxylic acids is 1. The first-order chi connectivity index (χ1) is 14.4. The van der Waals surface area contributed by atoms with E-state index in [1.54, 1.807) is 27.7 Å². The van der Waals surface area contributed by atoms with Crippen LogP contribution in [0, 0.1) is 5.82 Å². The van der Waals surface area contributed by atoms with Gasteiger partial charge in [0.15, 0.2) is 17.3 Å². The fourth-order valence-corrected chi connectivity index (χ4v) is 4.15. The second-order valence-electron chi connectivity index (χ2n) is 7.41. The number of ether oxygens (including phenoxy) is 2. The van der Waals surface area contributed by atoms with Crippen molar-refractivity contribution in [3.05, 3.63) is 52.1 Å². The molecule has 3 N–H and O–H groups in total. The van der Waals surface area contributed by atoms with Gasteiger partial charge in [-0.2, -0.15) is 0 Å². The van der Waals surface area contributed by atoms with Crippen LogP contribution in [0.3, 0.4) is 0 Å². The zero-order chi connectivity index (χ0) is 21.2. The number of rotatable bonds is 3. The van der Waals surface area contributed by atoms with Crippen molar-refractivity contribution in [2.24, 2.45) is 5.73 Å². The molecule has 2 aromatic carbocycles. The second kappa shape index (κ2) is 7.44.